The van der Waals surface area contributed by atoms with E-state index in [1.54, 1.807) is 10.9 Å². The molecular formula is C5H10N6. The lowest BCUT2D eigenvalue weighted by molar-refractivity contribution is 0.792. The summed E-state index contributed by atoms with van der Waals surface area (Å²) in [6, 6.07) is 0. The van der Waals surface area contributed by atoms with E-state index in [4.69, 9.17) is 11.5 Å². The van der Waals surface area contributed by atoms with Crippen LogP contribution in [0.3, 0.4) is 0 Å². The summed E-state index contributed by atoms with van der Waals surface area (Å²) in [6.45, 7) is 0.374. The Kier molecular flexibility index (Phi) is 2.05. The zero-order valence-corrected chi connectivity index (χ0v) is 6.23. The zero-order chi connectivity index (χ0) is 8.27. The van der Waals surface area contributed by atoms with Gasteiger partial charge in [-0.3, -0.25) is 0 Å². The first-order valence-electron chi connectivity index (χ1n) is 3.08. The molecule has 6 nitrogen and oxygen atoms in total. The van der Waals surface area contributed by atoms with Gasteiger partial charge in [0.1, 0.15) is 12.9 Å². The fourth-order valence-corrected chi connectivity index (χ4v) is 0.612. The van der Waals surface area contributed by atoms with Gasteiger partial charge in [-0.1, -0.05) is 0 Å². The predicted octanol–water partition coefficient (Wildman–Crippen LogP) is -1.41. The van der Waals surface area contributed by atoms with Crippen LogP contribution in [0, 0.1) is 0 Å². The first-order valence-corrected chi connectivity index (χ1v) is 3.08. The van der Waals surface area contributed by atoms with E-state index in [0.29, 0.717) is 6.54 Å². The largest absolute Gasteiger partial charge is 0.370 e. The van der Waals surface area contributed by atoms with Crippen molar-refractivity contribution in [3.05, 3.63) is 12.2 Å². The van der Waals surface area contributed by atoms with Crippen LogP contribution in [-0.2, 0) is 13.6 Å². The van der Waals surface area contributed by atoms with Gasteiger partial charge in [-0.25, -0.2) is 4.99 Å². The van der Waals surface area contributed by atoms with Gasteiger partial charge in [-0.2, -0.15) is 0 Å². The maximum atomic E-state index is 5.13. The molecule has 0 bridgehead atoms. The van der Waals surface area contributed by atoms with Crippen molar-refractivity contribution in [3.63, 3.8) is 0 Å². The van der Waals surface area contributed by atoms with Crippen molar-refractivity contribution in [1.82, 2.24) is 14.8 Å². The number of aryl methyl sites for hydroxylation is 1. The molecular weight excluding hydrogens is 144 g/mol. The number of hydrogen-bond donors (Lipinski definition) is 2. The summed E-state index contributed by atoms with van der Waals surface area (Å²) < 4.78 is 1.76. The van der Waals surface area contributed by atoms with Gasteiger partial charge >= 0.3 is 0 Å². The van der Waals surface area contributed by atoms with Crippen molar-refractivity contribution < 1.29 is 0 Å². The molecule has 0 radical (unpaired) electrons. The van der Waals surface area contributed by atoms with Gasteiger partial charge in [-0.05, 0) is 0 Å². The molecule has 0 amide bonds. The Morgan fingerprint density at radius 3 is 2.91 bits per heavy atom. The molecule has 0 fully saturated rings. The lowest BCUT2D eigenvalue weighted by Crippen LogP contribution is -2.22. The molecule has 1 aromatic heterocycles. The van der Waals surface area contributed by atoms with Crippen molar-refractivity contribution in [1.29, 1.82) is 0 Å². The number of nitrogens with zero attached hydrogens (tertiary/aromatic N) is 4. The second kappa shape index (κ2) is 3.00. The van der Waals surface area contributed by atoms with E-state index in [1.165, 1.54) is 0 Å². The minimum absolute atomic E-state index is 0.0630. The second-order valence-electron chi connectivity index (χ2n) is 2.10. The monoisotopic (exact) mass is 154 g/mol. The van der Waals surface area contributed by atoms with Crippen LogP contribution in [0.25, 0.3) is 0 Å². The van der Waals surface area contributed by atoms with E-state index in [2.05, 4.69) is 15.2 Å². The minimum atomic E-state index is 0.0630. The van der Waals surface area contributed by atoms with E-state index in [0.717, 1.165) is 5.82 Å². The van der Waals surface area contributed by atoms with Gasteiger partial charge in [0.15, 0.2) is 11.8 Å². The Morgan fingerprint density at radius 1 is 1.73 bits per heavy atom. The average Bonchev–Trinajstić information content (AvgIpc) is 2.31. The Balaban J connectivity index is 2.65. The number of hydrogen-bond acceptors (Lipinski definition) is 3. The Bertz CT molecular complexity index is 258. The maximum Gasteiger partial charge on any atom is 0.186 e. The Hall–Kier alpha value is -1.59. The van der Waals surface area contributed by atoms with Crippen molar-refractivity contribution in [2.24, 2.45) is 23.5 Å². The molecule has 6 heteroatoms. The molecule has 0 aliphatic rings. The van der Waals surface area contributed by atoms with Crippen LogP contribution in [0.5, 0.6) is 0 Å². The summed E-state index contributed by atoms with van der Waals surface area (Å²) in [5.41, 5.74) is 10.3. The summed E-state index contributed by atoms with van der Waals surface area (Å²) in [5, 5.41) is 7.44. The molecule has 0 unspecified atom stereocenters. The number of rotatable bonds is 2. The molecule has 0 saturated carbocycles. The molecule has 4 N–H and O–H groups in total. The highest BCUT2D eigenvalue weighted by Gasteiger charge is 1.96. The van der Waals surface area contributed by atoms with Crippen molar-refractivity contribution in [3.8, 4) is 0 Å². The van der Waals surface area contributed by atoms with E-state index >= 15 is 0 Å². The molecule has 0 saturated heterocycles. The maximum absolute atomic E-state index is 5.13. The SMILES string of the molecule is Cn1cnnc1CN=C(N)N. The third-order valence-electron chi connectivity index (χ3n) is 1.21. The summed E-state index contributed by atoms with van der Waals surface area (Å²) in [4.78, 5) is 3.78. The molecule has 1 rings (SSSR count). The van der Waals surface area contributed by atoms with E-state index in [1.807, 2.05) is 7.05 Å². The molecule has 60 valence electrons. The third-order valence-corrected chi connectivity index (χ3v) is 1.21. The van der Waals surface area contributed by atoms with Crippen molar-refractivity contribution >= 4 is 5.96 Å². The van der Waals surface area contributed by atoms with Gasteiger partial charge in [0.2, 0.25) is 0 Å². The first-order chi connectivity index (χ1) is 5.20. The fraction of sp³-hybridized carbons (Fsp3) is 0.400. The lowest BCUT2D eigenvalue weighted by atomic mass is 10.6. The quantitative estimate of drug-likeness (QED) is 0.404. The number of aliphatic imine (C=N–C) groups is 1. The molecule has 11 heavy (non-hydrogen) atoms. The van der Waals surface area contributed by atoms with Crippen LogP contribution in [-0.4, -0.2) is 20.7 Å². The molecule has 0 atom stereocenters. The second-order valence-corrected chi connectivity index (χ2v) is 2.10. The van der Waals surface area contributed by atoms with Crippen LogP contribution >= 0.6 is 0 Å². The zero-order valence-electron chi connectivity index (χ0n) is 6.23. The van der Waals surface area contributed by atoms with E-state index in [-0.39, 0.29) is 5.96 Å². The number of guanidine groups is 1. The first kappa shape index (κ1) is 7.52. The highest BCUT2D eigenvalue weighted by atomic mass is 15.3. The van der Waals surface area contributed by atoms with Crippen molar-refractivity contribution in [2.45, 2.75) is 6.54 Å². The van der Waals surface area contributed by atoms with Gasteiger partial charge in [-0.15, -0.1) is 10.2 Å². The number of nitrogens with two attached hydrogens (primary N) is 2. The number of aromatic nitrogens is 3. The Labute approximate surface area is 63.9 Å². The predicted molar refractivity (Wildman–Crippen MR) is 40.5 cm³/mol. The lowest BCUT2D eigenvalue weighted by Gasteiger charge is -1.94. The average molecular weight is 154 g/mol. The van der Waals surface area contributed by atoms with Crippen LogP contribution < -0.4 is 11.5 Å². The summed E-state index contributed by atoms with van der Waals surface area (Å²) in [6.07, 6.45) is 1.59. The molecule has 0 aliphatic carbocycles. The molecule has 1 heterocycles. The van der Waals surface area contributed by atoms with Gasteiger partial charge in [0.05, 0.1) is 0 Å². The summed E-state index contributed by atoms with van der Waals surface area (Å²) >= 11 is 0. The highest BCUT2D eigenvalue weighted by molar-refractivity contribution is 5.75. The smallest absolute Gasteiger partial charge is 0.186 e. The molecule has 0 spiro atoms. The molecule has 0 aromatic carbocycles. The van der Waals surface area contributed by atoms with E-state index in [9.17, 15) is 0 Å². The normalized spacial score (nSPS) is 9.55. The van der Waals surface area contributed by atoms with Gasteiger partial charge in [0.25, 0.3) is 0 Å². The van der Waals surface area contributed by atoms with Gasteiger partial charge in [0, 0.05) is 7.05 Å². The van der Waals surface area contributed by atoms with Crippen LogP contribution in [0.2, 0.25) is 0 Å². The molecule has 0 aliphatic heterocycles. The van der Waals surface area contributed by atoms with Crippen LogP contribution in [0.1, 0.15) is 5.82 Å². The fourth-order valence-electron chi connectivity index (χ4n) is 0.612. The van der Waals surface area contributed by atoms with Crippen LogP contribution in [0.15, 0.2) is 11.3 Å². The van der Waals surface area contributed by atoms with Crippen LogP contribution in [0.4, 0.5) is 0 Å². The van der Waals surface area contributed by atoms with Crippen molar-refractivity contribution in [2.75, 3.05) is 0 Å². The summed E-state index contributed by atoms with van der Waals surface area (Å²) in [5.74, 6) is 0.798. The van der Waals surface area contributed by atoms with Gasteiger partial charge < -0.3 is 16.0 Å². The standard InChI is InChI=1S/C5H10N6/c1-11-3-9-10-4(11)2-8-5(6)7/h3H,2H2,1H3,(H4,6,7,8). The third kappa shape index (κ3) is 1.92. The van der Waals surface area contributed by atoms with E-state index < -0.39 is 0 Å². The minimum Gasteiger partial charge on any atom is -0.370 e. The topological polar surface area (TPSA) is 95.1 Å². The summed E-state index contributed by atoms with van der Waals surface area (Å²) in [7, 11) is 1.83. The highest BCUT2D eigenvalue weighted by Crippen LogP contribution is 1.92. The molecule has 1 aromatic rings. The Morgan fingerprint density at radius 2 is 2.45 bits per heavy atom.